The van der Waals surface area contributed by atoms with Crippen LogP contribution >= 0.6 is 0 Å². The Balaban J connectivity index is 0.967. The summed E-state index contributed by atoms with van der Waals surface area (Å²) in [7, 11) is 0. The first-order valence-electron chi connectivity index (χ1n) is 19.7. The minimum absolute atomic E-state index is 0.0204. The van der Waals surface area contributed by atoms with Gasteiger partial charge in [-0.05, 0) is 110 Å². The molecule has 0 amide bonds. The van der Waals surface area contributed by atoms with E-state index in [-0.39, 0.29) is 24.7 Å². The van der Waals surface area contributed by atoms with Crippen LogP contribution in [0.3, 0.4) is 0 Å². The second-order valence-electron chi connectivity index (χ2n) is 15.1. The van der Waals surface area contributed by atoms with Crippen molar-refractivity contribution in [2.24, 2.45) is 0 Å². The Morgan fingerprint density at radius 2 is 0.750 bits per heavy atom. The molecule has 8 aromatic carbocycles. The molecule has 0 aliphatic heterocycles. The van der Waals surface area contributed by atoms with Gasteiger partial charge in [0.1, 0.15) is 47.8 Å². The van der Waals surface area contributed by atoms with Crippen LogP contribution in [0.5, 0.6) is 23.0 Å². The van der Waals surface area contributed by atoms with Gasteiger partial charge in [0.15, 0.2) is 0 Å². The molecular formula is C52H38F2N2O4. The molecule has 2 aromatic heterocycles. The molecule has 0 aliphatic rings. The van der Waals surface area contributed by atoms with Gasteiger partial charge in [-0.15, -0.1) is 0 Å². The fourth-order valence-corrected chi connectivity index (χ4v) is 8.62. The fraction of sp³-hybridized carbons (Fsp3) is 0.0769. The number of hydrogen-bond donors (Lipinski definition) is 2. The molecule has 8 heteroatoms. The lowest BCUT2D eigenvalue weighted by atomic mass is 9.99. The quantitative estimate of drug-likeness (QED) is 0.143. The Hall–Kier alpha value is -7.58. The van der Waals surface area contributed by atoms with Gasteiger partial charge in [-0.3, -0.25) is 0 Å². The van der Waals surface area contributed by atoms with Gasteiger partial charge in [0.05, 0.1) is 33.4 Å². The monoisotopic (exact) mass is 792 g/mol. The average Bonchev–Trinajstić information content (AvgIpc) is 3.77. The van der Waals surface area contributed by atoms with Crippen LogP contribution in [0.4, 0.5) is 8.78 Å². The third-order valence-corrected chi connectivity index (χ3v) is 11.2. The highest BCUT2D eigenvalue weighted by atomic mass is 19.1. The highest BCUT2D eigenvalue weighted by Crippen LogP contribution is 2.45. The van der Waals surface area contributed by atoms with Crippen molar-refractivity contribution in [2.75, 3.05) is 13.2 Å². The number of halogens is 2. The number of aromatic nitrogens is 2. The zero-order valence-corrected chi connectivity index (χ0v) is 32.8. The van der Waals surface area contributed by atoms with Crippen LogP contribution in [0, 0.1) is 25.5 Å². The summed E-state index contributed by atoms with van der Waals surface area (Å²) in [6.45, 7) is 3.95. The zero-order chi connectivity index (χ0) is 41.1. The second-order valence-corrected chi connectivity index (χ2v) is 15.1. The third-order valence-electron chi connectivity index (χ3n) is 11.2. The number of fused-ring (bicyclic) bond motifs is 6. The number of aryl methyl sites for hydroxylation is 2. The number of benzene rings is 8. The normalized spacial score (nSPS) is 11.6. The number of hydrogen-bond acceptors (Lipinski definition) is 4. The molecule has 0 aliphatic carbocycles. The number of aromatic hydroxyl groups is 2. The summed E-state index contributed by atoms with van der Waals surface area (Å²) >= 11 is 0. The van der Waals surface area contributed by atoms with E-state index in [4.69, 9.17) is 9.47 Å². The molecule has 0 unspecified atom stereocenters. The molecule has 2 heterocycles. The van der Waals surface area contributed by atoms with E-state index in [1.54, 1.807) is 0 Å². The van der Waals surface area contributed by atoms with E-state index in [1.807, 2.05) is 120 Å². The molecule has 0 saturated heterocycles. The predicted octanol–water partition coefficient (Wildman–Crippen LogP) is 13.0. The topological polar surface area (TPSA) is 68.8 Å². The highest BCUT2D eigenvalue weighted by molar-refractivity contribution is 6.10. The number of nitrogens with zero attached hydrogens (tertiary/aromatic N) is 2. The van der Waals surface area contributed by atoms with Gasteiger partial charge < -0.3 is 28.8 Å². The number of phenolic OH excluding ortho intramolecular Hbond substituents is 2. The van der Waals surface area contributed by atoms with Crippen LogP contribution in [0.25, 0.3) is 77.2 Å². The number of rotatable bonds is 9. The Kier molecular flexibility index (Phi) is 8.98. The summed E-state index contributed by atoms with van der Waals surface area (Å²) in [5.74, 6) is -0.314. The molecule has 0 spiro atoms. The molecule has 10 aromatic rings. The van der Waals surface area contributed by atoms with E-state index in [0.29, 0.717) is 45.1 Å². The van der Waals surface area contributed by atoms with Crippen LogP contribution in [-0.2, 0) is 0 Å². The molecular weight excluding hydrogens is 755 g/mol. The van der Waals surface area contributed by atoms with Crippen molar-refractivity contribution in [3.8, 4) is 56.6 Å². The first kappa shape index (κ1) is 36.7. The van der Waals surface area contributed by atoms with Crippen molar-refractivity contribution in [1.29, 1.82) is 0 Å². The summed E-state index contributed by atoms with van der Waals surface area (Å²) in [6, 6.07) is 48.1. The van der Waals surface area contributed by atoms with Gasteiger partial charge >= 0.3 is 0 Å². The first-order valence-corrected chi connectivity index (χ1v) is 19.7. The second kappa shape index (κ2) is 14.7. The third kappa shape index (κ3) is 6.16. The van der Waals surface area contributed by atoms with Gasteiger partial charge in [-0.25, -0.2) is 8.78 Å². The minimum atomic E-state index is -0.484. The maximum atomic E-state index is 15.0. The van der Waals surface area contributed by atoms with Crippen molar-refractivity contribution in [1.82, 2.24) is 9.13 Å². The Labute approximate surface area is 344 Å². The minimum Gasteiger partial charge on any atom is -0.505 e. The van der Waals surface area contributed by atoms with E-state index in [2.05, 4.69) is 24.3 Å². The van der Waals surface area contributed by atoms with Crippen LogP contribution in [0.15, 0.2) is 158 Å². The fourth-order valence-electron chi connectivity index (χ4n) is 8.62. The summed E-state index contributed by atoms with van der Waals surface area (Å²) in [5, 5.41) is 28.2. The van der Waals surface area contributed by atoms with E-state index >= 15 is 8.78 Å². The lowest BCUT2D eigenvalue weighted by molar-refractivity contribution is 0.218. The molecule has 6 nitrogen and oxygen atoms in total. The molecule has 0 saturated carbocycles. The van der Waals surface area contributed by atoms with Crippen LogP contribution < -0.4 is 9.47 Å². The first-order chi connectivity index (χ1) is 29.2. The predicted molar refractivity (Wildman–Crippen MR) is 236 cm³/mol. The summed E-state index contributed by atoms with van der Waals surface area (Å²) in [6.07, 6.45) is 0. The van der Waals surface area contributed by atoms with Gasteiger partial charge in [-0.1, -0.05) is 72.8 Å². The number of ether oxygens (including phenoxy) is 2. The van der Waals surface area contributed by atoms with E-state index in [0.717, 1.165) is 54.7 Å². The van der Waals surface area contributed by atoms with Crippen molar-refractivity contribution >= 4 is 43.6 Å². The summed E-state index contributed by atoms with van der Waals surface area (Å²) in [5.41, 5.74) is 8.16. The lowest BCUT2D eigenvalue weighted by Crippen LogP contribution is -2.10. The number of phenols is 2. The number of para-hydroxylation sites is 4. The van der Waals surface area contributed by atoms with Crippen LogP contribution in [0.2, 0.25) is 0 Å². The molecule has 60 heavy (non-hydrogen) atoms. The average molecular weight is 793 g/mol. The lowest BCUT2D eigenvalue weighted by Gasteiger charge is -2.19. The maximum Gasteiger partial charge on any atom is 0.147 e. The summed E-state index contributed by atoms with van der Waals surface area (Å²) < 4.78 is 46.6. The summed E-state index contributed by atoms with van der Waals surface area (Å²) in [4.78, 5) is 0. The Bertz CT molecular complexity index is 2980. The van der Waals surface area contributed by atoms with Crippen LogP contribution in [-0.4, -0.2) is 32.6 Å². The molecule has 2 N–H and O–H groups in total. The molecule has 0 bridgehead atoms. The maximum absolute atomic E-state index is 15.0. The van der Waals surface area contributed by atoms with Gasteiger partial charge in [0.2, 0.25) is 0 Å². The molecule has 0 fully saturated rings. The van der Waals surface area contributed by atoms with Crippen molar-refractivity contribution in [3.05, 3.63) is 180 Å². The van der Waals surface area contributed by atoms with Gasteiger partial charge in [-0.2, -0.15) is 0 Å². The SMILES string of the molecule is Cc1cc(-c2cc(F)ccc2OCCOc2ccc(F)cc2-c2cc(C)cc(-n3c4ccccc4c4ccccc43)c2O)c(O)c(-n2c3ccccc3c3ccccc32)c1. The molecule has 0 radical (unpaired) electrons. The smallest absolute Gasteiger partial charge is 0.147 e. The largest absolute Gasteiger partial charge is 0.505 e. The standard InChI is InChI=1S/C52H38F2N2O4/c1-31-25-41(51(57)47(27-31)55-43-15-7-3-11-35(43)36-12-4-8-16-44(36)55)39-29-33(53)19-21-49(39)59-23-24-60-50-22-20-34(54)30-40(50)42-26-32(2)28-48(52(42)58)56-45-17-9-5-13-37(45)38-14-6-10-18-46(38)56/h3-22,25-30,57-58H,23-24H2,1-2H3. The molecule has 10 rings (SSSR count). The van der Waals surface area contributed by atoms with Crippen molar-refractivity contribution in [2.45, 2.75) is 13.8 Å². The van der Waals surface area contributed by atoms with E-state index in [9.17, 15) is 10.2 Å². The van der Waals surface area contributed by atoms with E-state index in [1.165, 1.54) is 36.4 Å². The van der Waals surface area contributed by atoms with Crippen molar-refractivity contribution < 1.29 is 28.5 Å². The highest BCUT2D eigenvalue weighted by Gasteiger charge is 2.22. The zero-order valence-electron chi connectivity index (χ0n) is 32.8. The molecule has 294 valence electrons. The van der Waals surface area contributed by atoms with E-state index < -0.39 is 11.6 Å². The Morgan fingerprint density at radius 1 is 0.417 bits per heavy atom. The van der Waals surface area contributed by atoms with Gasteiger partial charge in [0, 0.05) is 43.8 Å². The van der Waals surface area contributed by atoms with Gasteiger partial charge in [0.25, 0.3) is 0 Å². The van der Waals surface area contributed by atoms with Crippen molar-refractivity contribution in [3.63, 3.8) is 0 Å². The Morgan fingerprint density at radius 3 is 1.10 bits per heavy atom. The van der Waals surface area contributed by atoms with Crippen LogP contribution in [0.1, 0.15) is 11.1 Å². The molecule has 0 atom stereocenters.